The van der Waals surface area contributed by atoms with Crippen LogP contribution in [0, 0.1) is 6.92 Å². The van der Waals surface area contributed by atoms with E-state index in [4.69, 9.17) is 0 Å². The number of phenols is 1. The highest BCUT2D eigenvalue weighted by Gasteiger charge is 2.09. The van der Waals surface area contributed by atoms with Gasteiger partial charge >= 0.3 is 0 Å². The van der Waals surface area contributed by atoms with Crippen LogP contribution in [0.3, 0.4) is 0 Å². The number of hydrogen-bond acceptors (Lipinski definition) is 2. The van der Waals surface area contributed by atoms with Gasteiger partial charge in [-0.25, -0.2) is 0 Å². The van der Waals surface area contributed by atoms with Crippen molar-refractivity contribution in [1.29, 1.82) is 0 Å². The molecule has 0 aromatic heterocycles. The SMILES string of the molecule is CCN(Cc1cc(Br)ccc1O)c1cccc(C)c1. The largest absolute Gasteiger partial charge is 0.508 e. The van der Waals surface area contributed by atoms with Crippen molar-refractivity contribution in [1.82, 2.24) is 0 Å². The second kappa shape index (κ2) is 6.11. The van der Waals surface area contributed by atoms with Crippen LogP contribution in [0.2, 0.25) is 0 Å². The van der Waals surface area contributed by atoms with Crippen molar-refractivity contribution in [3.63, 3.8) is 0 Å². The quantitative estimate of drug-likeness (QED) is 0.897. The van der Waals surface area contributed by atoms with Crippen LogP contribution in [-0.4, -0.2) is 11.7 Å². The first-order valence-corrected chi connectivity index (χ1v) is 7.18. The van der Waals surface area contributed by atoms with Crippen LogP contribution < -0.4 is 4.90 Å². The number of benzene rings is 2. The fourth-order valence-electron chi connectivity index (χ4n) is 2.10. The summed E-state index contributed by atoms with van der Waals surface area (Å²) in [5, 5.41) is 9.93. The van der Waals surface area contributed by atoms with Crippen LogP contribution in [0.4, 0.5) is 5.69 Å². The molecule has 0 aliphatic heterocycles. The lowest BCUT2D eigenvalue weighted by Gasteiger charge is -2.24. The van der Waals surface area contributed by atoms with Gasteiger partial charge in [-0.15, -0.1) is 0 Å². The highest BCUT2D eigenvalue weighted by molar-refractivity contribution is 9.10. The van der Waals surface area contributed by atoms with Gasteiger partial charge in [-0.2, -0.15) is 0 Å². The highest BCUT2D eigenvalue weighted by atomic mass is 79.9. The molecule has 0 atom stereocenters. The molecule has 0 unspecified atom stereocenters. The summed E-state index contributed by atoms with van der Waals surface area (Å²) in [6, 6.07) is 14.0. The van der Waals surface area contributed by atoms with Crippen molar-refractivity contribution in [2.45, 2.75) is 20.4 Å². The Kier molecular flexibility index (Phi) is 4.48. The molecule has 0 amide bonds. The van der Waals surface area contributed by atoms with Crippen molar-refractivity contribution in [3.05, 3.63) is 58.1 Å². The van der Waals surface area contributed by atoms with E-state index in [1.54, 1.807) is 6.07 Å². The molecule has 0 saturated heterocycles. The molecule has 100 valence electrons. The van der Waals surface area contributed by atoms with Crippen LogP contribution in [0.1, 0.15) is 18.1 Å². The Balaban J connectivity index is 2.26. The zero-order valence-electron chi connectivity index (χ0n) is 11.2. The lowest BCUT2D eigenvalue weighted by Crippen LogP contribution is -2.22. The molecule has 0 fully saturated rings. The highest BCUT2D eigenvalue weighted by Crippen LogP contribution is 2.25. The molecule has 0 aliphatic carbocycles. The number of rotatable bonds is 4. The Morgan fingerprint density at radius 2 is 1.95 bits per heavy atom. The van der Waals surface area contributed by atoms with E-state index in [0.717, 1.165) is 16.6 Å². The molecule has 0 bridgehead atoms. The molecule has 19 heavy (non-hydrogen) atoms. The number of aryl methyl sites for hydroxylation is 1. The molecule has 0 aliphatic rings. The topological polar surface area (TPSA) is 23.5 Å². The van der Waals surface area contributed by atoms with Gasteiger partial charge < -0.3 is 10.0 Å². The number of nitrogens with zero attached hydrogens (tertiary/aromatic N) is 1. The van der Waals surface area contributed by atoms with Crippen LogP contribution in [-0.2, 0) is 6.54 Å². The molecule has 0 radical (unpaired) electrons. The second-order valence-corrected chi connectivity index (χ2v) is 5.54. The number of hydrogen-bond donors (Lipinski definition) is 1. The summed E-state index contributed by atoms with van der Waals surface area (Å²) < 4.78 is 0.987. The van der Waals surface area contributed by atoms with Gasteiger partial charge in [0.15, 0.2) is 0 Å². The van der Waals surface area contributed by atoms with Crippen molar-refractivity contribution < 1.29 is 5.11 Å². The van der Waals surface area contributed by atoms with Gasteiger partial charge in [0.2, 0.25) is 0 Å². The van der Waals surface area contributed by atoms with E-state index in [0.29, 0.717) is 12.3 Å². The molecule has 0 heterocycles. The van der Waals surface area contributed by atoms with E-state index in [9.17, 15) is 5.11 Å². The Morgan fingerprint density at radius 1 is 1.16 bits per heavy atom. The van der Waals surface area contributed by atoms with E-state index >= 15 is 0 Å². The summed E-state index contributed by atoms with van der Waals surface area (Å²) in [6.45, 7) is 5.81. The third kappa shape index (κ3) is 3.51. The van der Waals surface area contributed by atoms with Crippen molar-refractivity contribution >= 4 is 21.6 Å². The summed E-state index contributed by atoms with van der Waals surface area (Å²) in [7, 11) is 0. The van der Waals surface area contributed by atoms with E-state index in [-0.39, 0.29) is 0 Å². The minimum Gasteiger partial charge on any atom is -0.508 e. The van der Waals surface area contributed by atoms with Crippen molar-refractivity contribution in [3.8, 4) is 5.75 Å². The third-order valence-electron chi connectivity index (χ3n) is 3.15. The predicted octanol–water partition coefficient (Wildman–Crippen LogP) is 4.49. The summed E-state index contributed by atoms with van der Waals surface area (Å²) >= 11 is 3.45. The fraction of sp³-hybridized carbons (Fsp3) is 0.250. The first kappa shape index (κ1) is 13.9. The first-order valence-electron chi connectivity index (χ1n) is 6.39. The van der Waals surface area contributed by atoms with Crippen LogP contribution in [0.25, 0.3) is 0 Å². The second-order valence-electron chi connectivity index (χ2n) is 4.63. The van der Waals surface area contributed by atoms with Gasteiger partial charge in [0, 0.05) is 28.8 Å². The maximum Gasteiger partial charge on any atom is 0.120 e. The zero-order chi connectivity index (χ0) is 13.8. The Labute approximate surface area is 122 Å². The standard InChI is InChI=1S/C16H18BrNO/c1-3-18(15-6-4-5-12(2)9-15)11-13-10-14(17)7-8-16(13)19/h4-10,19H,3,11H2,1-2H3. The smallest absolute Gasteiger partial charge is 0.120 e. The maximum absolute atomic E-state index is 9.93. The molecule has 2 aromatic carbocycles. The Morgan fingerprint density at radius 3 is 2.63 bits per heavy atom. The van der Waals surface area contributed by atoms with E-state index in [1.807, 2.05) is 12.1 Å². The van der Waals surface area contributed by atoms with E-state index < -0.39 is 0 Å². The average molecular weight is 320 g/mol. The fourth-order valence-corrected chi connectivity index (χ4v) is 2.51. The molecule has 1 N–H and O–H groups in total. The Bertz CT molecular complexity index is 568. The van der Waals surface area contributed by atoms with Gasteiger partial charge in [-0.1, -0.05) is 28.1 Å². The van der Waals surface area contributed by atoms with Crippen molar-refractivity contribution in [2.24, 2.45) is 0 Å². The summed E-state index contributed by atoms with van der Waals surface area (Å²) in [4.78, 5) is 2.24. The molecule has 0 spiro atoms. The molecular weight excluding hydrogens is 302 g/mol. The van der Waals surface area contributed by atoms with E-state index in [1.165, 1.54) is 11.3 Å². The number of halogens is 1. The van der Waals surface area contributed by atoms with Gasteiger partial charge in [0.05, 0.1) is 0 Å². The minimum absolute atomic E-state index is 0.342. The monoisotopic (exact) mass is 319 g/mol. The number of phenolic OH excluding ortho intramolecular Hbond substituents is 1. The average Bonchev–Trinajstić information content (AvgIpc) is 2.39. The lowest BCUT2D eigenvalue weighted by molar-refractivity contribution is 0.467. The normalized spacial score (nSPS) is 10.5. The summed E-state index contributed by atoms with van der Waals surface area (Å²) in [6.07, 6.45) is 0. The van der Waals surface area contributed by atoms with Gasteiger partial charge in [-0.3, -0.25) is 0 Å². The van der Waals surface area contributed by atoms with Crippen molar-refractivity contribution in [2.75, 3.05) is 11.4 Å². The first-order chi connectivity index (χ1) is 9.10. The molecular formula is C16H18BrNO. The molecule has 3 heteroatoms. The summed E-state index contributed by atoms with van der Waals surface area (Å²) in [5.74, 6) is 0.342. The minimum atomic E-state index is 0.342. The van der Waals surface area contributed by atoms with Gasteiger partial charge in [0.25, 0.3) is 0 Å². The van der Waals surface area contributed by atoms with Gasteiger partial charge in [-0.05, 0) is 49.7 Å². The molecule has 2 rings (SSSR count). The van der Waals surface area contributed by atoms with Crippen LogP contribution in [0.15, 0.2) is 46.9 Å². The molecule has 2 aromatic rings. The summed E-state index contributed by atoms with van der Waals surface area (Å²) in [5.41, 5.74) is 3.36. The Hall–Kier alpha value is -1.48. The van der Waals surface area contributed by atoms with Crippen LogP contribution >= 0.6 is 15.9 Å². The van der Waals surface area contributed by atoms with Crippen LogP contribution in [0.5, 0.6) is 5.75 Å². The lowest BCUT2D eigenvalue weighted by atomic mass is 10.1. The van der Waals surface area contributed by atoms with Gasteiger partial charge in [0.1, 0.15) is 5.75 Å². The maximum atomic E-state index is 9.93. The molecule has 0 saturated carbocycles. The number of anilines is 1. The van der Waals surface area contributed by atoms with E-state index in [2.05, 4.69) is 58.9 Å². The predicted molar refractivity (Wildman–Crippen MR) is 83.7 cm³/mol. The molecule has 2 nitrogen and oxygen atoms in total. The number of aromatic hydroxyl groups is 1. The third-order valence-corrected chi connectivity index (χ3v) is 3.64. The zero-order valence-corrected chi connectivity index (χ0v) is 12.8.